The highest BCUT2D eigenvalue weighted by atomic mass is 19.1. The maximum Gasteiger partial charge on any atom is 0.309 e. The first-order valence-electron chi connectivity index (χ1n) is 13.8. The molecule has 0 bridgehead atoms. The highest BCUT2D eigenvalue weighted by Gasteiger charge is 2.52. The van der Waals surface area contributed by atoms with Gasteiger partial charge in [-0.25, -0.2) is 4.39 Å². The molecule has 7 nitrogen and oxygen atoms in total. The van der Waals surface area contributed by atoms with Crippen LogP contribution in [0.5, 0.6) is 0 Å². The van der Waals surface area contributed by atoms with Gasteiger partial charge >= 0.3 is 11.9 Å². The molecule has 216 valence electrons. The number of carbonyl (C=O) groups is 2. The fraction of sp³-hybridized carbons (Fsp3) is 0.733. The lowest BCUT2D eigenvalue weighted by molar-refractivity contribution is -0.157. The van der Waals surface area contributed by atoms with Gasteiger partial charge in [-0.1, -0.05) is 51.5 Å². The first kappa shape index (κ1) is 32.2. The van der Waals surface area contributed by atoms with Crippen LogP contribution < -0.4 is 0 Å². The third-order valence-electron chi connectivity index (χ3n) is 7.38. The molecule has 8 heteroatoms. The van der Waals surface area contributed by atoms with E-state index in [4.69, 9.17) is 14.2 Å². The van der Waals surface area contributed by atoms with Crippen molar-refractivity contribution in [3.63, 3.8) is 0 Å². The summed E-state index contributed by atoms with van der Waals surface area (Å²) in [6.45, 7) is 12.2. The van der Waals surface area contributed by atoms with E-state index >= 15 is 0 Å². The van der Waals surface area contributed by atoms with Crippen LogP contribution >= 0.6 is 0 Å². The minimum Gasteiger partial charge on any atom is -0.457 e. The van der Waals surface area contributed by atoms with E-state index in [0.717, 1.165) is 18.4 Å². The third kappa shape index (κ3) is 9.93. The van der Waals surface area contributed by atoms with E-state index in [1.54, 1.807) is 26.0 Å². The summed E-state index contributed by atoms with van der Waals surface area (Å²) in [5, 5.41) is 21.3. The third-order valence-corrected chi connectivity index (χ3v) is 7.38. The van der Waals surface area contributed by atoms with Crippen molar-refractivity contribution in [1.29, 1.82) is 0 Å². The Morgan fingerprint density at radius 3 is 2.68 bits per heavy atom. The predicted octanol–water partition coefficient (Wildman–Crippen LogP) is 5.14. The first-order valence-corrected chi connectivity index (χ1v) is 13.8. The molecule has 2 aliphatic rings. The number of halogens is 1. The standard InChI is InChI=1S/C30H47FO7/c1-8-15-29(6,31)28-24(37-28)17-19(2)10-9-11-20(3)27-21(4)12-13-25(36-22(5)32)30(7,35)16-14-23(33)18-26(34)38-27/h9-13,19,21,23-25,27-28,33,35H,8,14-18H2,1-7H3. The molecule has 0 aromatic heterocycles. The molecule has 0 spiro atoms. The number of hydrogen-bond acceptors (Lipinski definition) is 7. The van der Waals surface area contributed by atoms with Gasteiger partial charge in [0.25, 0.3) is 0 Å². The number of hydrogen-bond donors (Lipinski definition) is 2. The highest BCUT2D eigenvalue weighted by molar-refractivity contribution is 5.70. The molecule has 2 heterocycles. The Hall–Kier alpha value is -2.03. The minimum atomic E-state index is -1.41. The minimum absolute atomic E-state index is 0.0764. The Bertz CT molecular complexity index is 891. The molecule has 0 aromatic carbocycles. The molecule has 0 saturated carbocycles. The zero-order valence-corrected chi connectivity index (χ0v) is 24.0. The Kier molecular flexibility index (Phi) is 11.7. The molecule has 0 aromatic rings. The summed E-state index contributed by atoms with van der Waals surface area (Å²) >= 11 is 0. The average Bonchev–Trinajstić information content (AvgIpc) is 3.57. The van der Waals surface area contributed by atoms with Gasteiger partial charge in [0.1, 0.15) is 29.6 Å². The van der Waals surface area contributed by atoms with E-state index in [0.29, 0.717) is 6.42 Å². The lowest BCUT2D eigenvalue weighted by atomic mass is 9.88. The molecule has 2 rings (SSSR count). The van der Waals surface area contributed by atoms with Crippen molar-refractivity contribution in [2.75, 3.05) is 0 Å². The molecule has 1 saturated heterocycles. The topological polar surface area (TPSA) is 106 Å². The van der Waals surface area contributed by atoms with Crippen LogP contribution in [0.3, 0.4) is 0 Å². The Morgan fingerprint density at radius 2 is 2.05 bits per heavy atom. The molecule has 9 unspecified atom stereocenters. The molecule has 2 N–H and O–H groups in total. The fourth-order valence-corrected chi connectivity index (χ4v) is 5.05. The lowest BCUT2D eigenvalue weighted by Gasteiger charge is -2.32. The van der Waals surface area contributed by atoms with Gasteiger partial charge in [-0.05, 0) is 64.0 Å². The van der Waals surface area contributed by atoms with E-state index in [9.17, 15) is 24.2 Å². The van der Waals surface area contributed by atoms with Gasteiger partial charge < -0.3 is 24.4 Å². The number of alkyl halides is 1. The molecule has 0 aliphatic carbocycles. The fourth-order valence-electron chi connectivity index (χ4n) is 5.05. The number of aliphatic hydroxyl groups excluding tert-OH is 1. The summed E-state index contributed by atoms with van der Waals surface area (Å²) in [5.41, 5.74) is -1.91. The number of esters is 2. The molecule has 2 aliphatic heterocycles. The van der Waals surface area contributed by atoms with Crippen molar-refractivity contribution in [3.05, 3.63) is 36.0 Å². The van der Waals surface area contributed by atoms with Crippen LogP contribution in [-0.4, -0.2) is 63.9 Å². The summed E-state index contributed by atoms with van der Waals surface area (Å²) in [7, 11) is 0. The van der Waals surface area contributed by atoms with E-state index < -0.39 is 41.5 Å². The molecule has 38 heavy (non-hydrogen) atoms. The zero-order chi connectivity index (χ0) is 28.7. The van der Waals surface area contributed by atoms with Crippen LogP contribution in [-0.2, 0) is 23.8 Å². The van der Waals surface area contributed by atoms with Crippen LogP contribution in [0.2, 0.25) is 0 Å². The van der Waals surface area contributed by atoms with Crippen molar-refractivity contribution in [2.45, 2.75) is 129 Å². The summed E-state index contributed by atoms with van der Waals surface area (Å²) in [6.07, 6.45) is 8.34. The van der Waals surface area contributed by atoms with Crippen molar-refractivity contribution < 1.29 is 38.4 Å². The maximum atomic E-state index is 14.7. The SMILES string of the molecule is CCCC(C)(F)C1OC1CC(C)C=CC=C(C)C1OC(=O)CC(O)CCC(C)(O)C(OC(C)=O)C=CC1C. The highest BCUT2D eigenvalue weighted by Crippen LogP contribution is 2.41. The van der Waals surface area contributed by atoms with Crippen molar-refractivity contribution in [1.82, 2.24) is 0 Å². The predicted molar refractivity (Wildman–Crippen MR) is 144 cm³/mol. The Morgan fingerprint density at radius 1 is 1.37 bits per heavy atom. The quantitative estimate of drug-likeness (QED) is 0.181. The second-order valence-corrected chi connectivity index (χ2v) is 11.6. The number of allylic oxidation sites excluding steroid dienone is 3. The largest absolute Gasteiger partial charge is 0.457 e. The second-order valence-electron chi connectivity index (χ2n) is 11.6. The smallest absolute Gasteiger partial charge is 0.309 e. The summed E-state index contributed by atoms with van der Waals surface area (Å²) < 4.78 is 31.4. The number of rotatable bonds is 9. The van der Waals surface area contributed by atoms with Crippen LogP contribution in [0.25, 0.3) is 0 Å². The summed E-state index contributed by atoms with van der Waals surface area (Å²) in [4.78, 5) is 24.2. The van der Waals surface area contributed by atoms with E-state index in [1.807, 2.05) is 39.0 Å². The van der Waals surface area contributed by atoms with Gasteiger partial charge in [-0.2, -0.15) is 0 Å². The number of ether oxygens (including phenoxy) is 3. The van der Waals surface area contributed by atoms with Gasteiger partial charge in [0.05, 0.1) is 18.6 Å². The van der Waals surface area contributed by atoms with Gasteiger partial charge in [0, 0.05) is 12.8 Å². The normalized spacial score (nSPS) is 35.5. The number of carbonyl (C=O) groups excluding carboxylic acids is 2. The maximum absolute atomic E-state index is 14.7. The lowest BCUT2D eigenvalue weighted by Crippen LogP contribution is -2.42. The van der Waals surface area contributed by atoms with Gasteiger partial charge in [0.15, 0.2) is 0 Å². The number of cyclic esters (lactones) is 1. The van der Waals surface area contributed by atoms with Crippen LogP contribution in [0.4, 0.5) is 4.39 Å². The van der Waals surface area contributed by atoms with Gasteiger partial charge in [0.2, 0.25) is 0 Å². The number of epoxide rings is 1. The van der Waals surface area contributed by atoms with Crippen LogP contribution in [0, 0.1) is 11.8 Å². The second kappa shape index (κ2) is 13.9. The van der Waals surface area contributed by atoms with Crippen LogP contribution in [0.1, 0.15) is 87.0 Å². The molecular weight excluding hydrogens is 491 g/mol. The van der Waals surface area contributed by atoms with Crippen LogP contribution in [0.15, 0.2) is 36.0 Å². The molecule has 0 amide bonds. The Balaban J connectivity index is 2.14. The van der Waals surface area contributed by atoms with E-state index in [2.05, 4.69) is 6.92 Å². The molecular formula is C30H47FO7. The summed E-state index contributed by atoms with van der Waals surface area (Å²) in [6, 6.07) is 0. The molecule has 0 radical (unpaired) electrons. The van der Waals surface area contributed by atoms with Crippen molar-refractivity contribution in [3.8, 4) is 0 Å². The van der Waals surface area contributed by atoms with Gasteiger partial charge in [-0.3, -0.25) is 9.59 Å². The van der Waals surface area contributed by atoms with E-state index in [-0.39, 0.29) is 43.3 Å². The molecule has 1 fully saturated rings. The summed E-state index contributed by atoms with van der Waals surface area (Å²) in [5.74, 6) is -1.18. The van der Waals surface area contributed by atoms with Crippen molar-refractivity contribution in [2.24, 2.45) is 11.8 Å². The average molecular weight is 539 g/mol. The van der Waals surface area contributed by atoms with E-state index in [1.165, 1.54) is 6.92 Å². The van der Waals surface area contributed by atoms with Gasteiger partial charge in [-0.15, -0.1) is 0 Å². The molecule has 9 atom stereocenters. The first-order chi connectivity index (χ1) is 17.7. The Labute approximate surface area is 227 Å². The monoisotopic (exact) mass is 538 g/mol. The van der Waals surface area contributed by atoms with Crippen molar-refractivity contribution >= 4 is 11.9 Å². The number of aliphatic hydroxyl groups is 2. The zero-order valence-electron chi connectivity index (χ0n) is 24.0.